The van der Waals surface area contributed by atoms with Crippen molar-refractivity contribution in [2.75, 3.05) is 11.5 Å². The van der Waals surface area contributed by atoms with Gasteiger partial charge in [0, 0.05) is 33.9 Å². The summed E-state index contributed by atoms with van der Waals surface area (Å²) < 4.78 is 11.9. The highest BCUT2D eigenvalue weighted by Gasteiger charge is 2.31. The summed E-state index contributed by atoms with van der Waals surface area (Å²) in [5, 5.41) is 3.61. The summed E-state index contributed by atoms with van der Waals surface area (Å²) in [7, 11) is -0.717. The largest absolute Gasteiger partial charge is 0.303 e. The summed E-state index contributed by atoms with van der Waals surface area (Å²) in [4.78, 5) is 0. The van der Waals surface area contributed by atoms with Gasteiger partial charge in [-0.1, -0.05) is 38.1 Å². The van der Waals surface area contributed by atoms with Gasteiger partial charge in [-0.25, -0.2) is 0 Å². The second-order valence-electron chi connectivity index (χ2n) is 6.67. The third kappa shape index (κ3) is 4.15. The molecule has 2 unspecified atom stereocenters. The van der Waals surface area contributed by atoms with Crippen LogP contribution in [0.4, 0.5) is 0 Å². The molecular weight excluding hydrogens is 254 g/mol. The van der Waals surface area contributed by atoms with Crippen molar-refractivity contribution in [1.29, 1.82) is 0 Å². The molecule has 0 aliphatic carbocycles. The first-order valence-corrected chi connectivity index (χ1v) is 8.56. The Balaban J connectivity index is 2.11. The molecule has 2 rings (SSSR count). The lowest BCUT2D eigenvalue weighted by Gasteiger charge is -2.36. The van der Waals surface area contributed by atoms with E-state index < -0.39 is 10.8 Å². The Morgan fingerprint density at radius 1 is 1.32 bits per heavy atom. The number of hydrogen-bond acceptors (Lipinski definition) is 2. The Kier molecular flexibility index (Phi) is 4.46. The highest BCUT2D eigenvalue weighted by Crippen LogP contribution is 2.24. The molecule has 0 spiro atoms. The van der Waals surface area contributed by atoms with E-state index in [2.05, 4.69) is 57.3 Å². The molecule has 106 valence electrons. The number of nitrogens with one attached hydrogen (secondary N) is 1. The number of benzene rings is 1. The molecule has 0 aromatic heterocycles. The molecule has 3 heteroatoms. The summed E-state index contributed by atoms with van der Waals surface area (Å²) in [6.07, 6.45) is 1.12. The molecule has 1 N–H and O–H groups in total. The number of rotatable bonds is 3. The molecule has 1 aromatic rings. The third-order valence-electron chi connectivity index (χ3n) is 3.47. The Labute approximate surface area is 119 Å². The van der Waals surface area contributed by atoms with Gasteiger partial charge in [-0.2, -0.15) is 0 Å². The van der Waals surface area contributed by atoms with Gasteiger partial charge in [-0.15, -0.1) is 0 Å². The lowest BCUT2D eigenvalue weighted by molar-refractivity contribution is 0.369. The van der Waals surface area contributed by atoms with Crippen molar-refractivity contribution >= 4 is 10.8 Å². The van der Waals surface area contributed by atoms with Crippen LogP contribution >= 0.6 is 0 Å². The van der Waals surface area contributed by atoms with Crippen molar-refractivity contribution in [1.82, 2.24) is 5.32 Å². The predicted molar refractivity (Wildman–Crippen MR) is 82.8 cm³/mol. The first-order chi connectivity index (χ1) is 8.85. The molecule has 2 nitrogen and oxygen atoms in total. The second kappa shape index (κ2) is 5.76. The van der Waals surface area contributed by atoms with E-state index in [1.165, 1.54) is 11.1 Å². The normalized spacial score (nSPS) is 26.6. The zero-order valence-corrected chi connectivity index (χ0v) is 13.2. The van der Waals surface area contributed by atoms with Crippen LogP contribution in [-0.4, -0.2) is 21.3 Å². The van der Waals surface area contributed by atoms with E-state index in [-0.39, 0.29) is 11.6 Å². The van der Waals surface area contributed by atoms with E-state index in [1.54, 1.807) is 0 Å². The third-order valence-corrected chi connectivity index (χ3v) is 5.21. The van der Waals surface area contributed by atoms with Gasteiger partial charge in [-0.05, 0) is 37.3 Å². The molecule has 0 amide bonds. The van der Waals surface area contributed by atoms with Crippen molar-refractivity contribution in [2.45, 2.75) is 45.7 Å². The van der Waals surface area contributed by atoms with Gasteiger partial charge in [0.25, 0.3) is 0 Å². The van der Waals surface area contributed by atoms with Crippen LogP contribution in [0.1, 0.15) is 44.9 Å². The molecular formula is C16H25NOS. The van der Waals surface area contributed by atoms with E-state index >= 15 is 0 Å². The van der Waals surface area contributed by atoms with E-state index in [0.717, 1.165) is 17.9 Å². The molecule has 0 radical (unpaired) electrons. The van der Waals surface area contributed by atoms with Gasteiger partial charge in [0.1, 0.15) is 0 Å². The van der Waals surface area contributed by atoms with Gasteiger partial charge in [0.05, 0.1) is 0 Å². The Hall–Kier alpha value is -0.670. The fourth-order valence-electron chi connectivity index (χ4n) is 2.74. The summed E-state index contributed by atoms with van der Waals surface area (Å²) in [6, 6.07) is 9.02. The van der Waals surface area contributed by atoms with E-state index in [4.69, 9.17) is 0 Å². The quantitative estimate of drug-likeness (QED) is 0.921. The van der Waals surface area contributed by atoms with Gasteiger partial charge in [-0.3, -0.25) is 4.21 Å². The molecule has 2 atom stereocenters. The summed E-state index contributed by atoms with van der Waals surface area (Å²) in [5.74, 6) is 2.16. The minimum atomic E-state index is -0.717. The SMILES string of the molecule is CC(C)Cc1ccc(C2CS(=O)CC(C)(C)N2)cc1. The summed E-state index contributed by atoms with van der Waals surface area (Å²) >= 11 is 0. The van der Waals surface area contributed by atoms with E-state index in [9.17, 15) is 4.21 Å². The van der Waals surface area contributed by atoms with Crippen LogP contribution in [0.25, 0.3) is 0 Å². The van der Waals surface area contributed by atoms with Crippen LogP contribution in [0.2, 0.25) is 0 Å². The topological polar surface area (TPSA) is 29.1 Å². The van der Waals surface area contributed by atoms with Crippen LogP contribution in [-0.2, 0) is 17.2 Å². The molecule has 0 bridgehead atoms. The van der Waals surface area contributed by atoms with Crippen molar-refractivity contribution in [3.63, 3.8) is 0 Å². The van der Waals surface area contributed by atoms with Crippen LogP contribution < -0.4 is 5.32 Å². The molecule has 1 aliphatic heterocycles. The van der Waals surface area contributed by atoms with Gasteiger partial charge in [0.2, 0.25) is 0 Å². The fraction of sp³-hybridized carbons (Fsp3) is 0.625. The molecule has 1 saturated heterocycles. The molecule has 19 heavy (non-hydrogen) atoms. The maximum absolute atomic E-state index is 11.9. The van der Waals surface area contributed by atoms with Crippen molar-refractivity contribution in [2.24, 2.45) is 5.92 Å². The van der Waals surface area contributed by atoms with E-state index in [0.29, 0.717) is 5.92 Å². The van der Waals surface area contributed by atoms with E-state index in [1.807, 2.05) is 0 Å². The maximum Gasteiger partial charge on any atom is 0.0441 e. The summed E-state index contributed by atoms with van der Waals surface area (Å²) in [5.41, 5.74) is 2.60. The number of hydrogen-bond donors (Lipinski definition) is 1. The smallest absolute Gasteiger partial charge is 0.0441 e. The van der Waals surface area contributed by atoms with Crippen LogP contribution in [0.5, 0.6) is 0 Å². The lowest BCUT2D eigenvalue weighted by Crippen LogP contribution is -2.52. The maximum atomic E-state index is 11.9. The molecule has 1 fully saturated rings. The van der Waals surface area contributed by atoms with Crippen LogP contribution in [0, 0.1) is 5.92 Å². The highest BCUT2D eigenvalue weighted by molar-refractivity contribution is 7.85. The Morgan fingerprint density at radius 2 is 1.95 bits per heavy atom. The zero-order chi connectivity index (χ0) is 14.0. The monoisotopic (exact) mass is 279 g/mol. The average molecular weight is 279 g/mol. The Bertz CT molecular complexity index is 450. The molecule has 1 heterocycles. The first-order valence-electron chi connectivity index (χ1n) is 7.07. The first kappa shape index (κ1) is 14.7. The second-order valence-corrected chi connectivity index (χ2v) is 8.17. The fourth-order valence-corrected chi connectivity index (χ4v) is 4.39. The van der Waals surface area contributed by atoms with Gasteiger partial charge in [0.15, 0.2) is 0 Å². The van der Waals surface area contributed by atoms with Crippen molar-refractivity contribution in [3.8, 4) is 0 Å². The minimum Gasteiger partial charge on any atom is -0.303 e. The average Bonchev–Trinajstić information content (AvgIpc) is 2.26. The van der Waals surface area contributed by atoms with Crippen molar-refractivity contribution in [3.05, 3.63) is 35.4 Å². The predicted octanol–water partition coefficient (Wildman–Crippen LogP) is 3.06. The lowest BCUT2D eigenvalue weighted by atomic mass is 9.98. The molecule has 0 saturated carbocycles. The minimum absolute atomic E-state index is 0.0373. The van der Waals surface area contributed by atoms with Gasteiger partial charge < -0.3 is 5.32 Å². The molecule has 1 aliphatic rings. The van der Waals surface area contributed by atoms with Gasteiger partial charge >= 0.3 is 0 Å². The van der Waals surface area contributed by atoms with Crippen LogP contribution in [0.15, 0.2) is 24.3 Å². The highest BCUT2D eigenvalue weighted by atomic mass is 32.2. The van der Waals surface area contributed by atoms with Crippen LogP contribution in [0.3, 0.4) is 0 Å². The molecule has 1 aromatic carbocycles. The van der Waals surface area contributed by atoms with Crippen molar-refractivity contribution < 1.29 is 4.21 Å². The standard InChI is InChI=1S/C16H25NOS/c1-12(2)9-13-5-7-14(8-6-13)15-10-19(18)11-16(3,4)17-15/h5-8,12,15,17H,9-11H2,1-4H3. The zero-order valence-electron chi connectivity index (χ0n) is 12.4. The summed E-state index contributed by atoms with van der Waals surface area (Å²) in [6.45, 7) is 8.74. The Morgan fingerprint density at radius 3 is 2.47 bits per heavy atom.